The number of ether oxygens (including phenoxy) is 1. The van der Waals surface area contributed by atoms with Crippen LogP contribution in [-0.4, -0.2) is 38.1 Å². The van der Waals surface area contributed by atoms with Crippen LogP contribution in [-0.2, 0) is 11.3 Å². The third-order valence-corrected chi connectivity index (χ3v) is 5.70. The van der Waals surface area contributed by atoms with Crippen molar-refractivity contribution in [1.29, 1.82) is 0 Å². The minimum atomic E-state index is -0.0459. The van der Waals surface area contributed by atoms with E-state index in [0.717, 1.165) is 44.1 Å². The number of nitrogens with one attached hydrogen (secondary N) is 3. The Balaban J connectivity index is 1.60. The number of aliphatic imine (C=N–C) groups is 1. The highest BCUT2D eigenvalue weighted by Crippen LogP contribution is 2.33. The zero-order valence-electron chi connectivity index (χ0n) is 19.5. The van der Waals surface area contributed by atoms with Crippen LogP contribution >= 0.6 is 0 Å². The van der Waals surface area contributed by atoms with E-state index < -0.39 is 0 Å². The molecule has 1 saturated heterocycles. The number of carbonyl (C=O) groups excluding carboxylic acids is 1. The van der Waals surface area contributed by atoms with Gasteiger partial charge in [0.1, 0.15) is 0 Å². The van der Waals surface area contributed by atoms with Crippen LogP contribution in [0.4, 0.5) is 0 Å². The smallest absolute Gasteiger partial charge is 0.251 e. The number of carbonyl (C=O) groups is 1. The fourth-order valence-corrected chi connectivity index (χ4v) is 3.94. The molecule has 3 rings (SSSR count). The second-order valence-corrected chi connectivity index (χ2v) is 8.24. The monoisotopic (exact) mass is 436 g/mol. The Labute approximate surface area is 191 Å². The van der Waals surface area contributed by atoms with Crippen molar-refractivity contribution in [2.45, 2.75) is 46.3 Å². The van der Waals surface area contributed by atoms with Crippen LogP contribution in [0, 0.1) is 12.8 Å². The van der Waals surface area contributed by atoms with E-state index >= 15 is 0 Å². The number of amides is 1. The summed E-state index contributed by atoms with van der Waals surface area (Å²) in [6.07, 6.45) is 2.33. The zero-order valence-corrected chi connectivity index (χ0v) is 19.5. The van der Waals surface area contributed by atoms with Crippen LogP contribution in [0.25, 0.3) is 0 Å². The van der Waals surface area contributed by atoms with E-state index in [4.69, 9.17) is 9.73 Å². The summed E-state index contributed by atoms with van der Waals surface area (Å²) in [5.41, 5.74) is 4.24. The maximum absolute atomic E-state index is 11.9. The van der Waals surface area contributed by atoms with Crippen LogP contribution in [0.5, 0.6) is 0 Å². The van der Waals surface area contributed by atoms with Crippen molar-refractivity contribution in [3.05, 3.63) is 70.8 Å². The van der Waals surface area contributed by atoms with E-state index in [1.54, 1.807) is 0 Å². The van der Waals surface area contributed by atoms with Gasteiger partial charge in [-0.05, 0) is 56.9 Å². The standard InChI is InChI=1S/C26H36N4O2/c1-4-27-25(31)22-14-10-20(11-15-22)17-29-26(28-5-2)30-18-23-7-6-16-32-24(23)21-12-8-19(3)9-13-21/h8-15,23-24H,4-7,16-18H2,1-3H3,(H,27,31)(H2,28,29,30). The van der Waals surface area contributed by atoms with Crippen molar-refractivity contribution in [2.24, 2.45) is 10.9 Å². The summed E-state index contributed by atoms with van der Waals surface area (Å²) in [6.45, 7) is 9.68. The molecule has 1 aliphatic heterocycles. The Kier molecular flexibility index (Phi) is 9.11. The minimum Gasteiger partial charge on any atom is -0.373 e. The largest absolute Gasteiger partial charge is 0.373 e. The summed E-state index contributed by atoms with van der Waals surface area (Å²) in [4.78, 5) is 16.7. The van der Waals surface area contributed by atoms with Gasteiger partial charge in [-0.25, -0.2) is 4.99 Å². The van der Waals surface area contributed by atoms with E-state index in [0.29, 0.717) is 24.6 Å². The lowest BCUT2D eigenvalue weighted by atomic mass is 9.89. The van der Waals surface area contributed by atoms with Crippen molar-refractivity contribution in [1.82, 2.24) is 16.0 Å². The summed E-state index contributed by atoms with van der Waals surface area (Å²) in [5.74, 6) is 1.15. The highest BCUT2D eigenvalue weighted by molar-refractivity contribution is 5.94. The Bertz CT molecular complexity index is 878. The summed E-state index contributed by atoms with van der Waals surface area (Å²) >= 11 is 0. The van der Waals surface area contributed by atoms with Crippen molar-refractivity contribution >= 4 is 11.9 Å². The average Bonchev–Trinajstić information content (AvgIpc) is 2.82. The molecule has 2 aromatic rings. The fourth-order valence-electron chi connectivity index (χ4n) is 3.94. The highest BCUT2D eigenvalue weighted by Gasteiger charge is 2.27. The summed E-state index contributed by atoms with van der Waals surface area (Å²) < 4.78 is 6.15. The van der Waals surface area contributed by atoms with Crippen LogP contribution in [0.2, 0.25) is 0 Å². The Morgan fingerprint density at radius 3 is 2.41 bits per heavy atom. The number of benzene rings is 2. The predicted molar refractivity (Wildman–Crippen MR) is 130 cm³/mol. The van der Waals surface area contributed by atoms with E-state index in [1.165, 1.54) is 11.1 Å². The van der Waals surface area contributed by atoms with E-state index in [-0.39, 0.29) is 12.0 Å². The van der Waals surface area contributed by atoms with Crippen molar-refractivity contribution in [3.63, 3.8) is 0 Å². The number of rotatable bonds is 8. The molecule has 2 aromatic carbocycles. The molecule has 3 N–H and O–H groups in total. The zero-order chi connectivity index (χ0) is 22.8. The van der Waals surface area contributed by atoms with Gasteiger partial charge in [-0.2, -0.15) is 0 Å². The van der Waals surface area contributed by atoms with Crippen LogP contribution in [0.3, 0.4) is 0 Å². The molecule has 0 spiro atoms. The topological polar surface area (TPSA) is 74.8 Å². The normalized spacial score (nSPS) is 18.8. The molecule has 172 valence electrons. The van der Waals surface area contributed by atoms with Gasteiger partial charge in [-0.15, -0.1) is 0 Å². The third-order valence-electron chi connectivity index (χ3n) is 5.70. The van der Waals surface area contributed by atoms with Gasteiger partial charge in [0.2, 0.25) is 0 Å². The van der Waals surface area contributed by atoms with Crippen LogP contribution in [0.1, 0.15) is 59.8 Å². The number of nitrogens with zero attached hydrogens (tertiary/aromatic N) is 1. The molecular weight excluding hydrogens is 400 g/mol. The summed E-state index contributed by atoms with van der Waals surface area (Å²) in [6, 6.07) is 16.3. The quantitative estimate of drug-likeness (QED) is 0.432. The van der Waals surface area contributed by atoms with Gasteiger partial charge < -0.3 is 20.7 Å². The fraction of sp³-hybridized carbons (Fsp3) is 0.462. The number of hydrogen-bond acceptors (Lipinski definition) is 3. The van der Waals surface area contributed by atoms with Gasteiger partial charge in [0.15, 0.2) is 5.96 Å². The molecule has 1 amide bonds. The molecule has 0 bridgehead atoms. The minimum absolute atomic E-state index is 0.0459. The lowest BCUT2D eigenvalue weighted by molar-refractivity contribution is -0.0265. The summed E-state index contributed by atoms with van der Waals surface area (Å²) in [7, 11) is 0. The Hall–Kier alpha value is -2.86. The Morgan fingerprint density at radius 2 is 1.72 bits per heavy atom. The molecule has 6 heteroatoms. The molecule has 32 heavy (non-hydrogen) atoms. The molecular formula is C26H36N4O2. The molecule has 2 unspecified atom stereocenters. The molecule has 1 fully saturated rings. The molecule has 1 aliphatic rings. The molecule has 0 aromatic heterocycles. The van der Waals surface area contributed by atoms with Crippen molar-refractivity contribution in [3.8, 4) is 0 Å². The lowest BCUT2D eigenvalue weighted by Crippen LogP contribution is -2.42. The van der Waals surface area contributed by atoms with Gasteiger partial charge >= 0.3 is 0 Å². The molecule has 2 atom stereocenters. The Morgan fingerprint density at radius 1 is 1.00 bits per heavy atom. The first-order chi connectivity index (χ1) is 15.6. The molecule has 0 saturated carbocycles. The van der Waals surface area contributed by atoms with Crippen molar-refractivity contribution in [2.75, 3.05) is 26.2 Å². The van der Waals surface area contributed by atoms with Gasteiger partial charge in [-0.1, -0.05) is 42.0 Å². The number of guanidine groups is 1. The second-order valence-electron chi connectivity index (χ2n) is 8.24. The average molecular weight is 437 g/mol. The molecule has 6 nitrogen and oxygen atoms in total. The number of hydrogen-bond donors (Lipinski definition) is 3. The first-order valence-corrected chi connectivity index (χ1v) is 11.7. The third kappa shape index (κ3) is 6.82. The van der Waals surface area contributed by atoms with Gasteiger partial charge in [0, 0.05) is 37.7 Å². The first kappa shape index (κ1) is 23.8. The highest BCUT2D eigenvalue weighted by atomic mass is 16.5. The first-order valence-electron chi connectivity index (χ1n) is 11.7. The van der Waals surface area contributed by atoms with Gasteiger partial charge in [0.05, 0.1) is 12.6 Å². The maximum atomic E-state index is 11.9. The van der Waals surface area contributed by atoms with E-state index in [9.17, 15) is 4.79 Å². The molecule has 0 radical (unpaired) electrons. The molecule has 0 aliphatic carbocycles. The van der Waals surface area contributed by atoms with Crippen LogP contribution < -0.4 is 16.0 Å². The van der Waals surface area contributed by atoms with Gasteiger partial charge in [-0.3, -0.25) is 4.79 Å². The summed E-state index contributed by atoms with van der Waals surface area (Å²) in [5, 5.41) is 9.67. The van der Waals surface area contributed by atoms with Gasteiger partial charge in [0.25, 0.3) is 5.91 Å². The van der Waals surface area contributed by atoms with Crippen molar-refractivity contribution < 1.29 is 9.53 Å². The van der Waals surface area contributed by atoms with E-state index in [1.807, 2.05) is 31.2 Å². The SMILES string of the molecule is CCNC(=O)c1ccc(CN=C(NCC)NCC2CCCOC2c2ccc(C)cc2)cc1. The molecule has 1 heterocycles. The maximum Gasteiger partial charge on any atom is 0.251 e. The van der Waals surface area contributed by atoms with E-state index in [2.05, 4.69) is 54.1 Å². The second kappa shape index (κ2) is 12.2. The lowest BCUT2D eigenvalue weighted by Gasteiger charge is -2.32. The van der Waals surface area contributed by atoms with Crippen LogP contribution in [0.15, 0.2) is 53.5 Å². The predicted octanol–water partition coefficient (Wildman–Crippen LogP) is 3.97. The number of aryl methyl sites for hydroxylation is 1.